The summed E-state index contributed by atoms with van der Waals surface area (Å²) in [5.41, 5.74) is 3.72. The minimum absolute atomic E-state index is 0.159. The summed E-state index contributed by atoms with van der Waals surface area (Å²) in [7, 11) is 0. The van der Waals surface area contributed by atoms with Crippen LogP contribution in [0.3, 0.4) is 0 Å². The molecule has 0 radical (unpaired) electrons. The van der Waals surface area contributed by atoms with Gasteiger partial charge in [0.25, 0.3) is 0 Å². The fourth-order valence-corrected chi connectivity index (χ4v) is 3.92. The molecule has 1 aromatic carbocycles. The number of phenols is 1. The standard InChI is InChI=1S/C20H24N6O2/c1-14-11-18(15(2)26(14)20-21-13-22-23-20)19(28)12-24-7-9-25(10-8-24)16-3-5-17(27)6-4-16/h3-6,11,13,27H,7-10,12H2,1-2H3,(H,21,22,23)/p+1. The highest BCUT2D eigenvalue weighted by Crippen LogP contribution is 2.19. The topological polar surface area (TPSA) is 91.5 Å². The highest BCUT2D eigenvalue weighted by atomic mass is 16.3. The number of ketones is 1. The Morgan fingerprint density at radius 2 is 1.93 bits per heavy atom. The lowest BCUT2D eigenvalue weighted by atomic mass is 10.1. The van der Waals surface area contributed by atoms with Crippen LogP contribution in [-0.4, -0.2) is 63.4 Å². The lowest BCUT2D eigenvalue weighted by molar-refractivity contribution is -0.892. The molecule has 3 aromatic rings. The van der Waals surface area contributed by atoms with Gasteiger partial charge in [-0.05, 0) is 44.2 Å². The Labute approximate surface area is 163 Å². The van der Waals surface area contributed by atoms with Crippen LogP contribution in [0, 0.1) is 13.8 Å². The predicted molar refractivity (Wildman–Crippen MR) is 105 cm³/mol. The molecule has 0 amide bonds. The maximum absolute atomic E-state index is 12.9. The zero-order chi connectivity index (χ0) is 19.7. The summed E-state index contributed by atoms with van der Waals surface area (Å²) >= 11 is 0. The molecule has 8 heteroatoms. The number of hydrogen-bond acceptors (Lipinski definition) is 5. The van der Waals surface area contributed by atoms with E-state index in [0.29, 0.717) is 12.5 Å². The zero-order valence-electron chi connectivity index (χ0n) is 16.1. The molecule has 1 fully saturated rings. The first-order valence-corrected chi connectivity index (χ1v) is 9.48. The average Bonchev–Trinajstić information content (AvgIpc) is 3.31. The first-order chi connectivity index (χ1) is 13.5. The molecule has 3 heterocycles. The van der Waals surface area contributed by atoms with E-state index in [1.54, 1.807) is 12.1 Å². The van der Waals surface area contributed by atoms with E-state index in [4.69, 9.17) is 0 Å². The van der Waals surface area contributed by atoms with Crippen molar-refractivity contribution in [2.45, 2.75) is 13.8 Å². The molecule has 0 unspecified atom stereocenters. The van der Waals surface area contributed by atoms with Crippen LogP contribution in [0.5, 0.6) is 5.75 Å². The van der Waals surface area contributed by atoms with Crippen molar-refractivity contribution in [1.29, 1.82) is 0 Å². The fourth-order valence-electron chi connectivity index (χ4n) is 3.92. The number of phenolic OH excluding ortho intramolecular Hbond substituents is 1. The largest absolute Gasteiger partial charge is 0.508 e. The smallest absolute Gasteiger partial charge is 0.229 e. The number of anilines is 1. The minimum atomic E-state index is 0.159. The van der Waals surface area contributed by atoms with Crippen LogP contribution in [0.4, 0.5) is 5.69 Å². The van der Waals surface area contributed by atoms with Crippen LogP contribution in [0.2, 0.25) is 0 Å². The molecule has 0 bridgehead atoms. The summed E-state index contributed by atoms with van der Waals surface area (Å²) in [6, 6.07) is 9.23. The maximum Gasteiger partial charge on any atom is 0.229 e. The quantitative estimate of drug-likeness (QED) is 0.560. The van der Waals surface area contributed by atoms with Crippen molar-refractivity contribution >= 4 is 11.5 Å². The van der Waals surface area contributed by atoms with Gasteiger partial charge in [-0.15, -0.1) is 0 Å². The van der Waals surface area contributed by atoms with Crippen molar-refractivity contribution in [2.75, 3.05) is 37.6 Å². The molecule has 146 valence electrons. The summed E-state index contributed by atoms with van der Waals surface area (Å²) in [4.78, 5) is 20.7. The van der Waals surface area contributed by atoms with Gasteiger partial charge in [0.15, 0.2) is 0 Å². The first-order valence-electron chi connectivity index (χ1n) is 9.48. The third-order valence-corrected chi connectivity index (χ3v) is 5.44. The third kappa shape index (κ3) is 3.50. The molecule has 1 saturated heterocycles. The van der Waals surface area contributed by atoms with Gasteiger partial charge in [-0.2, -0.15) is 10.1 Å². The molecule has 0 aliphatic carbocycles. The number of hydrogen-bond donors (Lipinski definition) is 3. The molecule has 0 atom stereocenters. The SMILES string of the molecule is Cc1cc(C(=O)C[NH+]2CCN(c3ccc(O)cc3)CC2)c(C)n1-c1ncn[nH]1. The van der Waals surface area contributed by atoms with E-state index >= 15 is 0 Å². The van der Waals surface area contributed by atoms with Crippen LogP contribution in [0.25, 0.3) is 5.95 Å². The van der Waals surface area contributed by atoms with E-state index in [1.807, 2.05) is 36.6 Å². The van der Waals surface area contributed by atoms with E-state index in [9.17, 15) is 9.90 Å². The number of Topliss-reactive ketones (excluding diaryl/α,β-unsaturated/α-hetero) is 1. The highest BCUT2D eigenvalue weighted by Gasteiger charge is 2.25. The van der Waals surface area contributed by atoms with Gasteiger partial charge < -0.3 is 14.9 Å². The summed E-state index contributed by atoms with van der Waals surface area (Å²) in [5.74, 6) is 1.07. The van der Waals surface area contributed by atoms with Gasteiger partial charge in [0.1, 0.15) is 18.6 Å². The molecule has 3 N–H and O–H groups in total. The second-order valence-electron chi connectivity index (χ2n) is 7.28. The zero-order valence-corrected chi connectivity index (χ0v) is 16.1. The van der Waals surface area contributed by atoms with E-state index in [0.717, 1.165) is 48.8 Å². The molecule has 2 aromatic heterocycles. The number of aryl methyl sites for hydroxylation is 1. The van der Waals surface area contributed by atoms with Gasteiger partial charge >= 0.3 is 0 Å². The van der Waals surface area contributed by atoms with Crippen molar-refractivity contribution in [3.8, 4) is 11.7 Å². The van der Waals surface area contributed by atoms with Crippen LogP contribution in [-0.2, 0) is 0 Å². The van der Waals surface area contributed by atoms with Gasteiger partial charge in [0.2, 0.25) is 11.7 Å². The van der Waals surface area contributed by atoms with E-state index < -0.39 is 0 Å². The Bertz CT molecular complexity index is 954. The minimum Gasteiger partial charge on any atom is -0.508 e. The van der Waals surface area contributed by atoms with Crippen molar-refractivity contribution in [3.63, 3.8) is 0 Å². The molecule has 0 spiro atoms. The van der Waals surface area contributed by atoms with Crippen molar-refractivity contribution < 1.29 is 14.8 Å². The number of aromatic hydroxyl groups is 1. The molecular weight excluding hydrogens is 356 g/mol. The number of piperazine rings is 1. The molecule has 1 aliphatic heterocycles. The molecule has 0 saturated carbocycles. The Hall–Kier alpha value is -3.13. The number of benzene rings is 1. The monoisotopic (exact) mass is 381 g/mol. The van der Waals surface area contributed by atoms with Crippen LogP contribution in [0.1, 0.15) is 21.7 Å². The van der Waals surface area contributed by atoms with Gasteiger partial charge in [0, 0.05) is 22.6 Å². The number of nitrogens with one attached hydrogen (secondary N) is 2. The number of carbonyl (C=O) groups excluding carboxylic acids is 1. The number of H-pyrrole nitrogens is 1. The van der Waals surface area contributed by atoms with Crippen LogP contribution in [0.15, 0.2) is 36.7 Å². The Balaban J connectivity index is 1.40. The van der Waals surface area contributed by atoms with Gasteiger partial charge in [-0.1, -0.05) is 0 Å². The number of aromatic amines is 1. The first kappa shape index (κ1) is 18.2. The normalized spacial score (nSPS) is 15.1. The average molecular weight is 381 g/mol. The fraction of sp³-hybridized carbons (Fsp3) is 0.350. The summed E-state index contributed by atoms with van der Waals surface area (Å²) in [6.07, 6.45) is 1.47. The van der Waals surface area contributed by atoms with Crippen molar-refractivity contribution in [2.24, 2.45) is 0 Å². The Kier molecular flexibility index (Phi) is 4.87. The Morgan fingerprint density at radius 1 is 1.21 bits per heavy atom. The second-order valence-corrected chi connectivity index (χ2v) is 7.28. The van der Waals surface area contributed by atoms with Gasteiger partial charge in [-0.3, -0.25) is 9.36 Å². The van der Waals surface area contributed by atoms with Crippen LogP contribution >= 0.6 is 0 Å². The van der Waals surface area contributed by atoms with Gasteiger partial charge in [0.05, 0.1) is 26.2 Å². The highest BCUT2D eigenvalue weighted by molar-refractivity contribution is 5.98. The summed E-state index contributed by atoms with van der Waals surface area (Å²) in [6.45, 7) is 8.01. The van der Waals surface area contributed by atoms with Gasteiger partial charge in [-0.25, -0.2) is 5.10 Å². The second kappa shape index (κ2) is 7.47. The maximum atomic E-state index is 12.9. The number of quaternary nitrogens is 1. The predicted octanol–water partition coefficient (Wildman–Crippen LogP) is 0.506. The number of carbonyl (C=O) groups is 1. The van der Waals surface area contributed by atoms with Crippen molar-refractivity contribution in [3.05, 3.63) is 53.6 Å². The van der Waals surface area contributed by atoms with E-state index in [2.05, 4.69) is 20.1 Å². The molecule has 8 nitrogen and oxygen atoms in total. The summed E-state index contributed by atoms with van der Waals surface area (Å²) < 4.78 is 1.93. The molecule has 4 rings (SSSR count). The molecule has 1 aliphatic rings. The van der Waals surface area contributed by atoms with Crippen LogP contribution < -0.4 is 9.80 Å². The molecular formula is C20H25N6O2+. The number of nitrogens with zero attached hydrogens (tertiary/aromatic N) is 4. The lowest BCUT2D eigenvalue weighted by Crippen LogP contribution is -3.15. The lowest BCUT2D eigenvalue weighted by Gasteiger charge is -2.33. The van der Waals surface area contributed by atoms with E-state index in [1.165, 1.54) is 11.2 Å². The Morgan fingerprint density at radius 3 is 2.57 bits per heavy atom. The van der Waals surface area contributed by atoms with E-state index in [-0.39, 0.29) is 11.5 Å². The summed E-state index contributed by atoms with van der Waals surface area (Å²) in [5, 5.41) is 16.2. The third-order valence-electron chi connectivity index (χ3n) is 5.44. The molecule has 28 heavy (non-hydrogen) atoms. The number of rotatable bonds is 5. The number of aromatic nitrogens is 4. The van der Waals surface area contributed by atoms with Crippen molar-refractivity contribution in [1.82, 2.24) is 19.7 Å².